The molecular formula is C11H22N2O. The first-order valence-corrected chi connectivity index (χ1v) is 6.01. The topological polar surface area (TPSA) is 44.3 Å². The summed E-state index contributed by atoms with van der Waals surface area (Å²) in [7, 11) is 0. The average Bonchev–Trinajstić information content (AvgIpc) is 2.23. The van der Waals surface area contributed by atoms with Crippen LogP contribution in [0.4, 0.5) is 0 Å². The van der Waals surface area contributed by atoms with Crippen molar-refractivity contribution in [1.29, 1.82) is 0 Å². The summed E-state index contributed by atoms with van der Waals surface area (Å²) in [6, 6.07) is 1.00. The van der Waals surface area contributed by atoms with Gasteiger partial charge in [0, 0.05) is 12.1 Å². The Kier molecular flexibility index (Phi) is 3.79. The van der Waals surface area contributed by atoms with Gasteiger partial charge in [-0.05, 0) is 38.8 Å². The molecule has 1 heterocycles. The summed E-state index contributed by atoms with van der Waals surface area (Å²) >= 11 is 0. The van der Waals surface area contributed by atoms with Crippen LogP contribution < -0.4 is 10.6 Å². The smallest absolute Gasteiger partial charge is 0.0693 e. The highest BCUT2D eigenvalue weighted by Gasteiger charge is 2.25. The fourth-order valence-electron chi connectivity index (χ4n) is 2.60. The van der Waals surface area contributed by atoms with E-state index in [0.717, 1.165) is 25.9 Å². The number of aliphatic hydroxyl groups excluding tert-OH is 1. The standard InChI is InChI=1S/C11H22N2O/c14-11-4-2-1-3-10(11)13-9-5-7-12-8-6-9/h9-14H,1-8H2/t10-,11+/m1/s1. The summed E-state index contributed by atoms with van der Waals surface area (Å²) in [6.07, 6.45) is 6.95. The van der Waals surface area contributed by atoms with Gasteiger partial charge < -0.3 is 15.7 Å². The third-order valence-corrected chi connectivity index (χ3v) is 3.52. The molecular weight excluding hydrogens is 176 g/mol. The van der Waals surface area contributed by atoms with Crippen molar-refractivity contribution in [3.05, 3.63) is 0 Å². The van der Waals surface area contributed by atoms with Crippen molar-refractivity contribution in [2.24, 2.45) is 0 Å². The van der Waals surface area contributed by atoms with E-state index in [0.29, 0.717) is 12.1 Å². The Bertz CT molecular complexity index is 169. The maximum atomic E-state index is 9.82. The molecule has 0 unspecified atom stereocenters. The molecule has 0 aromatic rings. The van der Waals surface area contributed by atoms with Crippen LogP contribution in [0.15, 0.2) is 0 Å². The van der Waals surface area contributed by atoms with Gasteiger partial charge in [-0.3, -0.25) is 0 Å². The zero-order valence-corrected chi connectivity index (χ0v) is 8.84. The first-order chi connectivity index (χ1) is 6.86. The van der Waals surface area contributed by atoms with E-state index in [9.17, 15) is 5.11 Å². The van der Waals surface area contributed by atoms with Crippen LogP contribution in [0.1, 0.15) is 38.5 Å². The van der Waals surface area contributed by atoms with Gasteiger partial charge in [0.05, 0.1) is 6.10 Å². The van der Waals surface area contributed by atoms with Crippen molar-refractivity contribution < 1.29 is 5.11 Å². The van der Waals surface area contributed by atoms with E-state index in [4.69, 9.17) is 0 Å². The van der Waals surface area contributed by atoms with Gasteiger partial charge in [-0.15, -0.1) is 0 Å². The third kappa shape index (κ3) is 2.69. The van der Waals surface area contributed by atoms with Gasteiger partial charge in [0.2, 0.25) is 0 Å². The summed E-state index contributed by atoms with van der Waals surface area (Å²) < 4.78 is 0. The lowest BCUT2D eigenvalue weighted by Crippen LogP contribution is -2.50. The van der Waals surface area contributed by atoms with Crippen molar-refractivity contribution in [3.63, 3.8) is 0 Å². The quantitative estimate of drug-likeness (QED) is 0.610. The molecule has 3 heteroatoms. The van der Waals surface area contributed by atoms with Gasteiger partial charge >= 0.3 is 0 Å². The minimum absolute atomic E-state index is 0.0985. The van der Waals surface area contributed by atoms with E-state index in [-0.39, 0.29) is 6.10 Å². The fourth-order valence-corrected chi connectivity index (χ4v) is 2.60. The van der Waals surface area contributed by atoms with Crippen LogP contribution in [-0.4, -0.2) is 36.4 Å². The van der Waals surface area contributed by atoms with Gasteiger partial charge in [-0.25, -0.2) is 0 Å². The molecule has 1 saturated heterocycles. The molecule has 2 fully saturated rings. The molecule has 1 saturated carbocycles. The Morgan fingerprint density at radius 2 is 1.71 bits per heavy atom. The van der Waals surface area contributed by atoms with E-state index in [2.05, 4.69) is 10.6 Å². The number of rotatable bonds is 2. The molecule has 0 aromatic heterocycles. The highest BCUT2D eigenvalue weighted by Crippen LogP contribution is 2.19. The molecule has 1 aliphatic carbocycles. The Hall–Kier alpha value is -0.120. The molecule has 3 N–H and O–H groups in total. The van der Waals surface area contributed by atoms with Gasteiger partial charge in [-0.1, -0.05) is 12.8 Å². The van der Waals surface area contributed by atoms with Crippen molar-refractivity contribution in [2.75, 3.05) is 13.1 Å². The van der Waals surface area contributed by atoms with Crippen molar-refractivity contribution >= 4 is 0 Å². The lowest BCUT2D eigenvalue weighted by atomic mass is 9.91. The van der Waals surface area contributed by atoms with Crippen molar-refractivity contribution in [3.8, 4) is 0 Å². The Labute approximate surface area is 86.3 Å². The largest absolute Gasteiger partial charge is 0.392 e. The molecule has 3 nitrogen and oxygen atoms in total. The summed E-state index contributed by atoms with van der Waals surface area (Å²) in [5.74, 6) is 0. The molecule has 0 amide bonds. The van der Waals surface area contributed by atoms with Crippen LogP contribution in [0, 0.1) is 0 Å². The zero-order chi connectivity index (χ0) is 9.80. The molecule has 0 bridgehead atoms. The molecule has 1 aliphatic heterocycles. The predicted molar refractivity (Wildman–Crippen MR) is 57.3 cm³/mol. The Morgan fingerprint density at radius 3 is 2.43 bits per heavy atom. The van der Waals surface area contributed by atoms with Gasteiger partial charge in [-0.2, -0.15) is 0 Å². The maximum absolute atomic E-state index is 9.82. The zero-order valence-electron chi connectivity index (χ0n) is 8.84. The lowest BCUT2D eigenvalue weighted by molar-refractivity contribution is 0.0822. The van der Waals surface area contributed by atoms with Crippen LogP contribution in [0.5, 0.6) is 0 Å². The molecule has 0 radical (unpaired) electrons. The van der Waals surface area contributed by atoms with Crippen LogP contribution in [0.2, 0.25) is 0 Å². The fraction of sp³-hybridized carbons (Fsp3) is 1.00. The van der Waals surface area contributed by atoms with E-state index in [1.54, 1.807) is 0 Å². The second kappa shape index (κ2) is 5.10. The van der Waals surface area contributed by atoms with Gasteiger partial charge in [0.15, 0.2) is 0 Å². The SMILES string of the molecule is O[C@H]1CCCC[C@H]1NC1CCNCC1. The highest BCUT2D eigenvalue weighted by molar-refractivity contribution is 4.85. The average molecular weight is 198 g/mol. The molecule has 2 rings (SSSR count). The van der Waals surface area contributed by atoms with E-state index in [1.165, 1.54) is 25.7 Å². The molecule has 0 spiro atoms. The number of nitrogens with one attached hydrogen (secondary N) is 2. The summed E-state index contributed by atoms with van der Waals surface area (Å²) in [6.45, 7) is 2.25. The molecule has 82 valence electrons. The highest BCUT2D eigenvalue weighted by atomic mass is 16.3. The van der Waals surface area contributed by atoms with Crippen LogP contribution >= 0.6 is 0 Å². The first kappa shape index (κ1) is 10.4. The Morgan fingerprint density at radius 1 is 1.00 bits per heavy atom. The van der Waals surface area contributed by atoms with Crippen LogP contribution in [-0.2, 0) is 0 Å². The molecule has 14 heavy (non-hydrogen) atoms. The Balaban J connectivity index is 1.76. The lowest BCUT2D eigenvalue weighted by Gasteiger charge is -2.34. The molecule has 0 aromatic carbocycles. The normalized spacial score (nSPS) is 35.8. The van der Waals surface area contributed by atoms with E-state index in [1.807, 2.05) is 0 Å². The number of aliphatic hydroxyl groups is 1. The minimum atomic E-state index is -0.0985. The second-order valence-electron chi connectivity index (χ2n) is 4.65. The molecule has 2 aliphatic rings. The van der Waals surface area contributed by atoms with Crippen LogP contribution in [0.25, 0.3) is 0 Å². The van der Waals surface area contributed by atoms with Gasteiger partial charge in [0.25, 0.3) is 0 Å². The van der Waals surface area contributed by atoms with Crippen molar-refractivity contribution in [1.82, 2.24) is 10.6 Å². The van der Waals surface area contributed by atoms with Gasteiger partial charge in [0.1, 0.15) is 0 Å². The summed E-state index contributed by atoms with van der Waals surface area (Å²) in [5.41, 5.74) is 0. The predicted octanol–water partition coefficient (Wildman–Crippen LogP) is 0.631. The molecule has 2 atom stereocenters. The number of hydrogen-bond acceptors (Lipinski definition) is 3. The second-order valence-corrected chi connectivity index (χ2v) is 4.65. The summed E-state index contributed by atoms with van der Waals surface area (Å²) in [5, 5.41) is 16.8. The monoisotopic (exact) mass is 198 g/mol. The first-order valence-electron chi connectivity index (χ1n) is 6.01. The summed E-state index contributed by atoms with van der Waals surface area (Å²) in [4.78, 5) is 0. The van der Waals surface area contributed by atoms with E-state index >= 15 is 0 Å². The number of piperidine rings is 1. The van der Waals surface area contributed by atoms with Crippen molar-refractivity contribution in [2.45, 2.75) is 56.7 Å². The maximum Gasteiger partial charge on any atom is 0.0693 e. The van der Waals surface area contributed by atoms with Crippen LogP contribution in [0.3, 0.4) is 0 Å². The third-order valence-electron chi connectivity index (χ3n) is 3.52. The number of hydrogen-bond donors (Lipinski definition) is 3. The minimum Gasteiger partial charge on any atom is -0.392 e. The van der Waals surface area contributed by atoms with E-state index < -0.39 is 0 Å².